The lowest BCUT2D eigenvalue weighted by Gasteiger charge is -2.18. The van der Waals surface area contributed by atoms with Crippen LogP contribution in [0.1, 0.15) is 34.6 Å². The highest BCUT2D eigenvalue weighted by atomic mass is 16.4. The van der Waals surface area contributed by atoms with Crippen LogP contribution in [0.25, 0.3) is 10.9 Å². The molecule has 8 heteroatoms. The first-order valence-corrected chi connectivity index (χ1v) is 8.18. The van der Waals surface area contributed by atoms with Crippen LogP contribution in [0.3, 0.4) is 0 Å². The van der Waals surface area contributed by atoms with Crippen molar-refractivity contribution in [1.82, 2.24) is 15.0 Å². The number of aromatic carboxylic acids is 1. The van der Waals surface area contributed by atoms with Gasteiger partial charge in [-0.15, -0.1) is 0 Å². The van der Waals surface area contributed by atoms with Crippen LogP contribution >= 0.6 is 0 Å². The number of H-pyrrole nitrogens is 2. The molecule has 1 aliphatic rings. The highest BCUT2D eigenvalue weighted by Crippen LogP contribution is 2.30. The molecule has 0 saturated carbocycles. The summed E-state index contributed by atoms with van der Waals surface area (Å²) in [4.78, 5) is 39.6. The van der Waals surface area contributed by atoms with Gasteiger partial charge in [-0.3, -0.25) is 14.8 Å². The van der Waals surface area contributed by atoms with Crippen molar-refractivity contribution >= 4 is 22.6 Å². The van der Waals surface area contributed by atoms with Gasteiger partial charge in [0.05, 0.1) is 5.52 Å². The Bertz CT molecular complexity index is 1060. The zero-order valence-corrected chi connectivity index (χ0v) is 13.9. The van der Waals surface area contributed by atoms with E-state index in [1.54, 1.807) is 0 Å². The fourth-order valence-electron chi connectivity index (χ4n) is 2.99. The number of carbonyl (C=O) groups is 1. The number of pyridine rings is 1. The lowest BCUT2D eigenvalue weighted by molar-refractivity contribution is 0.0689. The average Bonchev–Trinajstić information content (AvgIpc) is 2.62. The van der Waals surface area contributed by atoms with Crippen molar-refractivity contribution in [3.8, 4) is 0 Å². The number of nitrogens with zero attached hydrogens (tertiary/aromatic N) is 1. The van der Waals surface area contributed by atoms with Gasteiger partial charge in [0.1, 0.15) is 5.69 Å². The van der Waals surface area contributed by atoms with Gasteiger partial charge in [0.15, 0.2) is 0 Å². The van der Waals surface area contributed by atoms with Crippen molar-refractivity contribution in [3.63, 3.8) is 0 Å². The van der Waals surface area contributed by atoms with Crippen LogP contribution in [0.15, 0.2) is 39.9 Å². The minimum atomic E-state index is -1.34. The van der Waals surface area contributed by atoms with E-state index in [2.05, 4.69) is 6.07 Å². The number of para-hydroxylation sites is 1. The number of benzene rings is 1. The molecular formula is C18H18N4O4. The number of nitrogen functional groups attached to an aromatic ring is 1. The number of anilines is 1. The maximum atomic E-state index is 10.5. The Kier molecular flexibility index (Phi) is 4.83. The molecule has 0 atom stereocenters. The van der Waals surface area contributed by atoms with Crippen LogP contribution in [0, 0.1) is 0 Å². The molecule has 0 spiro atoms. The third-order valence-electron chi connectivity index (χ3n) is 4.20. The van der Waals surface area contributed by atoms with Crippen molar-refractivity contribution in [1.29, 1.82) is 0 Å². The molecule has 26 heavy (non-hydrogen) atoms. The zero-order chi connectivity index (χ0) is 18.7. The quantitative estimate of drug-likeness (QED) is 0.521. The molecule has 134 valence electrons. The Balaban J connectivity index is 0.000000160. The molecule has 0 amide bonds. The van der Waals surface area contributed by atoms with Gasteiger partial charge in [-0.25, -0.2) is 9.59 Å². The molecule has 2 aromatic heterocycles. The lowest BCUT2D eigenvalue weighted by atomic mass is 9.93. The van der Waals surface area contributed by atoms with Crippen molar-refractivity contribution in [2.24, 2.45) is 0 Å². The number of aromatic nitrogens is 3. The van der Waals surface area contributed by atoms with Crippen molar-refractivity contribution in [3.05, 3.63) is 68.1 Å². The number of aromatic amines is 2. The van der Waals surface area contributed by atoms with Gasteiger partial charge in [0, 0.05) is 22.8 Å². The van der Waals surface area contributed by atoms with Gasteiger partial charge in [-0.2, -0.15) is 0 Å². The Morgan fingerprint density at radius 1 is 1.12 bits per heavy atom. The molecular weight excluding hydrogens is 336 g/mol. The van der Waals surface area contributed by atoms with E-state index >= 15 is 0 Å². The number of carboxylic acid groups (broad SMARTS) is 1. The second-order valence-electron chi connectivity index (χ2n) is 5.98. The van der Waals surface area contributed by atoms with E-state index in [1.807, 2.05) is 28.2 Å². The maximum absolute atomic E-state index is 10.5. The predicted octanol–water partition coefficient (Wildman–Crippen LogP) is 1.46. The highest BCUT2D eigenvalue weighted by molar-refractivity contribution is 5.92. The normalized spacial score (nSPS) is 12.8. The molecule has 8 nitrogen and oxygen atoms in total. The Morgan fingerprint density at radius 3 is 2.58 bits per heavy atom. The summed E-state index contributed by atoms with van der Waals surface area (Å²) >= 11 is 0. The summed E-state index contributed by atoms with van der Waals surface area (Å²) < 4.78 is 0. The summed E-state index contributed by atoms with van der Waals surface area (Å²) in [5, 5.41) is 9.42. The predicted molar refractivity (Wildman–Crippen MR) is 97.4 cm³/mol. The molecule has 0 fully saturated rings. The molecule has 0 bridgehead atoms. The van der Waals surface area contributed by atoms with Crippen molar-refractivity contribution in [2.45, 2.75) is 25.7 Å². The van der Waals surface area contributed by atoms with Crippen LogP contribution in [0.2, 0.25) is 0 Å². The molecule has 3 aromatic rings. The SMILES string of the molecule is Nc1c2c(nc3ccccc13)CCCC2.O=C(O)c1cc(=O)[nH]c(=O)[nH]1. The van der Waals surface area contributed by atoms with Gasteiger partial charge < -0.3 is 15.8 Å². The minimum Gasteiger partial charge on any atom is -0.477 e. The second kappa shape index (κ2) is 7.22. The monoisotopic (exact) mass is 354 g/mol. The van der Waals surface area contributed by atoms with Gasteiger partial charge in [0.2, 0.25) is 0 Å². The fourth-order valence-corrected chi connectivity index (χ4v) is 2.99. The zero-order valence-electron chi connectivity index (χ0n) is 13.9. The lowest BCUT2D eigenvalue weighted by Crippen LogP contribution is -2.24. The van der Waals surface area contributed by atoms with Crippen LogP contribution in [-0.2, 0) is 12.8 Å². The van der Waals surface area contributed by atoms with Crippen molar-refractivity contribution in [2.75, 3.05) is 5.73 Å². The first-order valence-electron chi connectivity index (χ1n) is 8.18. The molecule has 4 rings (SSSR count). The van der Waals surface area contributed by atoms with Crippen molar-refractivity contribution < 1.29 is 9.90 Å². The molecule has 0 aliphatic heterocycles. The van der Waals surface area contributed by atoms with Crippen LogP contribution < -0.4 is 17.0 Å². The molecule has 0 unspecified atom stereocenters. The van der Waals surface area contributed by atoms with E-state index in [-0.39, 0.29) is 0 Å². The first-order chi connectivity index (χ1) is 12.5. The third-order valence-corrected chi connectivity index (χ3v) is 4.20. The topological polar surface area (TPSA) is 142 Å². The number of hydrogen-bond acceptors (Lipinski definition) is 5. The first kappa shape index (κ1) is 17.4. The number of fused-ring (bicyclic) bond motifs is 2. The largest absolute Gasteiger partial charge is 0.477 e. The summed E-state index contributed by atoms with van der Waals surface area (Å²) in [6.07, 6.45) is 4.68. The van der Waals surface area contributed by atoms with Gasteiger partial charge >= 0.3 is 11.7 Å². The molecule has 5 N–H and O–H groups in total. The molecule has 2 heterocycles. The smallest absolute Gasteiger partial charge is 0.352 e. The van der Waals surface area contributed by atoms with Crippen LogP contribution in [0.5, 0.6) is 0 Å². The minimum absolute atomic E-state index is 0.418. The van der Waals surface area contributed by atoms with Gasteiger partial charge in [0.25, 0.3) is 5.56 Å². The number of carboxylic acids is 1. The van der Waals surface area contributed by atoms with E-state index in [0.717, 1.165) is 35.5 Å². The molecule has 1 aliphatic carbocycles. The summed E-state index contributed by atoms with van der Waals surface area (Å²) in [6, 6.07) is 8.94. The number of hydrogen-bond donors (Lipinski definition) is 4. The van der Waals surface area contributed by atoms with E-state index in [0.29, 0.717) is 0 Å². The van der Waals surface area contributed by atoms with Crippen LogP contribution in [-0.4, -0.2) is 26.0 Å². The van der Waals surface area contributed by atoms with E-state index < -0.39 is 22.9 Å². The maximum Gasteiger partial charge on any atom is 0.352 e. The van der Waals surface area contributed by atoms with E-state index in [9.17, 15) is 14.4 Å². The average molecular weight is 354 g/mol. The van der Waals surface area contributed by atoms with Crippen LogP contribution in [0.4, 0.5) is 5.69 Å². The number of nitrogens with one attached hydrogen (secondary N) is 2. The molecule has 1 aromatic carbocycles. The molecule has 0 saturated heterocycles. The third kappa shape index (κ3) is 3.64. The van der Waals surface area contributed by atoms with Gasteiger partial charge in [-0.1, -0.05) is 18.2 Å². The summed E-state index contributed by atoms with van der Waals surface area (Å²) in [6.45, 7) is 0. The second-order valence-corrected chi connectivity index (χ2v) is 5.98. The fraction of sp³-hybridized carbons (Fsp3) is 0.222. The Hall–Kier alpha value is -3.42. The summed E-state index contributed by atoms with van der Waals surface area (Å²) in [5.41, 5.74) is 8.73. The number of nitrogens with two attached hydrogens (primary N) is 1. The van der Waals surface area contributed by atoms with E-state index in [4.69, 9.17) is 15.8 Å². The summed E-state index contributed by atoms with van der Waals surface area (Å²) in [5.74, 6) is -1.34. The highest BCUT2D eigenvalue weighted by Gasteiger charge is 2.15. The standard InChI is InChI=1S/C13H14N2.C5H4N2O4/c14-13-9-5-1-3-7-11(9)15-12-8-4-2-6-10(12)13;8-3-1-2(4(9)10)6-5(11)7-3/h1,3,5,7H,2,4,6,8H2,(H2,14,15);1H,(H,9,10)(H2,6,7,8,11). The molecule has 0 radical (unpaired) electrons. The Labute approximate surface area is 147 Å². The van der Waals surface area contributed by atoms with E-state index in [1.165, 1.54) is 24.1 Å². The summed E-state index contributed by atoms with van der Waals surface area (Å²) in [7, 11) is 0. The number of aryl methyl sites for hydroxylation is 1. The number of rotatable bonds is 1. The van der Waals surface area contributed by atoms with Gasteiger partial charge in [-0.05, 0) is 37.3 Å². The Morgan fingerprint density at radius 2 is 1.85 bits per heavy atom.